The van der Waals surface area contributed by atoms with Crippen LogP contribution in [0.5, 0.6) is 23.0 Å². The number of amides is 2. The van der Waals surface area contributed by atoms with Crippen LogP contribution in [0.15, 0.2) is 260 Å². The largest absolute Gasteiger partial charge is 0.490 e. The van der Waals surface area contributed by atoms with Crippen molar-refractivity contribution < 1.29 is 42.7 Å². The molecule has 15 rings (SSSR count). The molecule has 4 atom stereocenters. The molecular formula is C99H119BrN6O9P2. The molecule has 5 aliphatic rings. The van der Waals surface area contributed by atoms with Crippen molar-refractivity contribution in [1.82, 2.24) is 25.1 Å². The van der Waals surface area contributed by atoms with Crippen molar-refractivity contribution in [1.29, 1.82) is 0 Å². The highest BCUT2D eigenvalue weighted by atomic mass is 79.9. The van der Waals surface area contributed by atoms with Crippen molar-refractivity contribution in [2.75, 3.05) is 77.2 Å². The molecule has 4 fully saturated rings. The van der Waals surface area contributed by atoms with Gasteiger partial charge in [-0.1, -0.05) is 232 Å². The average molecular weight is 1680 g/mol. The van der Waals surface area contributed by atoms with Gasteiger partial charge in [0.1, 0.15) is 47.4 Å². The third-order valence-electron chi connectivity index (χ3n) is 21.7. The summed E-state index contributed by atoms with van der Waals surface area (Å²) in [6.07, 6.45) is 20.0. The summed E-state index contributed by atoms with van der Waals surface area (Å²) >= 11 is 3.36. The van der Waals surface area contributed by atoms with Crippen molar-refractivity contribution in [2.24, 2.45) is 11.8 Å². The zero-order chi connectivity index (χ0) is 81.8. The Labute approximate surface area is 706 Å². The Balaban J connectivity index is 0.000000153. The van der Waals surface area contributed by atoms with Gasteiger partial charge in [0.25, 0.3) is 0 Å². The van der Waals surface area contributed by atoms with Gasteiger partial charge < -0.3 is 53.2 Å². The second-order valence-electron chi connectivity index (χ2n) is 33.3. The fourth-order valence-corrected chi connectivity index (χ4v) is 20.9. The number of anilines is 1. The number of ether oxygens (including phenoxy) is 7. The second kappa shape index (κ2) is 43.6. The van der Waals surface area contributed by atoms with Gasteiger partial charge in [-0.15, -0.1) is 0 Å². The second-order valence-corrected chi connectivity index (χ2v) is 38.6. The molecule has 0 saturated carbocycles. The molecule has 0 aliphatic carbocycles. The Morgan fingerprint density at radius 3 is 1.46 bits per heavy atom. The smallest absolute Gasteiger partial charge is 0.410 e. The highest BCUT2D eigenvalue weighted by Gasteiger charge is 2.40. The number of benzene rings is 8. The molecule has 0 bridgehead atoms. The molecule has 0 spiro atoms. The molecule has 10 aromatic rings. The van der Waals surface area contributed by atoms with Crippen LogP contribution in [0.4, 0.5) is 15.3 Å². The summed E-state index contributed by atoms with van der Waals surface area (Å²) in [5, 5.41) is 11.3. The molecule has 0 unspecified atom stereocenters. The van der Waals surface area contributed by atoms with Gasteiger partial charge in [-0.05, 0) is 214 Å². The van der Waals surface area contributed by atoms with E-state index in [4.69, 9.17) is 33.2 Å². The number of para-hydroxylation sites is 2. The van der Waals surface area contributed by atoms with Crippen LogP contribution in [-0.4, -0.2) is 128 Å². The van der Waals surface area contributed by atoms with Crippen LogP contribution in [0.3, 0.4) is 0 Å². The molecule has 5 aliphatic heterocycles. The van der Waals surface area contributed by atoms with Gasteiger partial charge >= 0.3 is 12.2 Å². The standard InChI is InChI=1S/C39H32OP2.C30H43N3O4.C15H21BrN2O3.C15H23NO/c1-39(2)33-25-15-27-35(41(29-17-7-3-8-18-29)30-19-9-4-10-20-30)37(33)40-38-34(39)26-16-28-36(38)42(31-21-11-5-12-22-31)32-23-13-6-14-24-32;1-30(2,3)37-29(34)33-16-8-14-26(33)23-36-28-18-27(19-31-20-28)32-15-7-12-24(21-32)13-9-17-35-22-25-10-5-4-6-11-25;1-15(2,3)21-14(19)18-6-4-5-12(18)10-20-13-7-11(16)8-17-9-13;1-2-5-14(6-3-1)8-11-17-12-9-15-7-4-10-16-13-15/h3-28H,1-2H3;4-6,10-11,18-20,24,26H,7-9,12-17,21-23H2,1-3H3;7-9,12H,4-6,10H2,1-3H3;1-3,5-6,15-16H,4,7-13H2/t;24-,26-;12-;15-/m.000/s1. The Kier molecular flexibility index (Phi) is 32.6. The molecule has 2 amide bonds. The molecule has 616 valence electrons. The van der Waals surface area contributed by atoms with Crippen LogP contribution in [0.25, 0.3) is 0 Å². The lowest BCUT2D eigenvalue weighted by atomic mass is 9.76. The summed E-state index contributed by atoms with van der Waals surface area (Å²) < 4.78 is 42.6. The average Bonchev–Trinajstić information content (AvgIpc) is 1.37. The Morgan fingerprint density at radius 2 is 0.974 bits per heavy atom. The Morgan fingerprint density at radius 1 is 0.504 bits per heavy atom. The van der Waals surface area contributed by atoms with E-state index < -0.39 is 27.0 Å². The number of fused-ring (bicyclic) bond motifs is 2. The van der Waals surface area contributed by atoms with Crippen molar-refractivity contribution >= 4 is 81.5 Å². The quantitative estimate of drug-likeness (QED) is 0.0428. The zero-order valence-corrected chi connectivity index (χ0v) is 73.1. The van der Waals surface area contributed by atoms with Crippen molar-refractivity contribution in [3.63, 3.8) is 0 Å². The monoisotopic (exact) mass is 1680 g/mol. The number of piperidine rings is 2. The maximum absolute atomic E-state index is 12.6. The summed E-state index contributed by atoms with van der Waals surface area (Å²) in [4.78, 5) is 39.2. The first-order valence-corrected chi connectivity index (χ1v) is 45.5. The third kappa shape index (κ3) is 26.0. The van der Waals surface area contributed by atoms with E-state index in [-0.39, 0.29) is 29.7 Å². The molecule has 2 aromatic heterocycles. The van der Waals surface area contributed by atoms with Gasteiger partial charge in [-0.25, -0.2) is 9.59 Å². The lowest BCUT2D eigenvalue weighted by molar-refractivity contribution is 0.0177. The summed E-state index contributed by atoms with van der Waals surface area (Å²) in [7, 11) is -1.65. The first-order valence-electron chi connectivity index (χ1n) is 42.0. The van der Waals surface area contributed by atoms with Crippen molar-refractivity contribution in [3.8, 4) is 23.0 Å². The molecule has 7 heterocycles. The van der Waals surface area contributed by atoms with E-state index in [1.807, 2.05) is 59.9 Å². The summed E-state index contributed by atoms with van der Waals surface area (Å²) in [5.41, 5.74) is 5.00. The minimum atomic E-state index is -0.824. The van der Waals surface area contributed by atoms with E-state index in [2.05, 4.69) is 268 Å². The number of aromatic nitrogens is 2. The minimum absolute atomic E-state index is 0.0296. The fourth-order valence-electron chi connectivity index (χ4n) is 15.8. The number of carbonyl (C=O) groups excluding carboxylic acids is 2. The van der Waals surface area contributed by atoms with Crippen LogP contribution in [0.1, 0.15) is 148 Å². The van der Waals surface area contributed by atoms with Crippen LogP contribution >= 0.6 is 31.8 Å². The van der Waals surface area contributed by atoms with Crippen LogP contribution < -0.4 is 56.3 Å². The van der Waals surface area contributed by atoms with Gasteiger partial charge in [-0.2, -0.15) is 0 Å². The van der Waals surface area contributed by atoms with E-state index in [0.717, 1.165) is 111 Å². The number of nitrogens with one attached hydrogen (secondary N) is 1. The summed E-state index contributed by atoms with van der Waals surface area (Å²) in [5.74, 6) is 4.97. The van der Waals surface area contributed by atoms with Crippen molar-refractivity contribution in [2.45, 2.75) is 168 Å². The molecule has 4 saturated heterocycles. The number of carbonyl (C=O) groups is 2. The molecule has 18 heteroatoms. The van der Waals surface area contributed by atoms with E-state index in [0.29, 0.717) is 38.0 Å². The molecule has 117 heavy (non-hydrogen) atoms. The molecule has 15 nitrogen and oxygen atoms in total. The number of hydrogen-bond donors (Lipinski definition) is 1. The molecule has 1 N–H and O–H groups in total. The van der Waals surface area contributed by atoms with Gasteiger partial charge in [0, 0.05) is 83.3 Å². The first-order chi connectivity index (χ1) is 56.8. The number of halogens is 1. The predicted molar refractivity (Wildman–Crippen MR) is 483 cm³/mol. The number of hydrogen-bond acceptors (Lipinski definition) is 13. The zero-order valence-electron chi connectivity index (χ0n) is 69.7. The van der Waals surface area contributed by atoms with Crippen molar-refractivity contribution in [3.05, 3.63) is 282 Å². The van der Waals surface area contributed by atoms with Crippen LogP contribution in [-0.2, 0) is 37.4 Å². The van der Waals surface area contributed by atoms with Gasteiger partial charge in [0.2, 0.25) is 0 Å². The number of likely N-dealkylation sites (tertiary alicyclic amines) is 2. The highest BCUT2D eigenvalue weighted by Crippen LogP contribution is 2.52. The summed E-state index contributed by atoms with van der Waals surface area (Å²) in [6, 6.07) is 82.1. The van der Waals surface area contributed by atoms with Crippen LogP contribution in [0, 0.1) is 11.8 Å². The topological polar surface area (TPSA) is 146 Å². The van der Waals surface area contributed by atoms with E-state index in [1.165, 1.54) is 106 Å². The van der Waals surface area contributed by atoms with E-state index in [1.54, 1.807) is 28.4 Å². The minimum Gasteiger partial charge on any atom is -0.490 e. The van der Waals surface area contributed by atoms with E-state index in [9.17, 15) is 9.59 Å². The molecular weight excluding hydrogens is 1560 g/mol. The predicted octanol–water partition coefficient (Wildman–Crippen LogP) is 20.0. The maximum atomic E-state index is 12.6. The van der Waals surface area contributed by atoms with Gasteiger partial charge in [0.15, 0.2) is 0 Å². The highest BCUT2D eigenvalue weighted by molar-refractivity contribution is 9.10. The third-order valence-corrected chi connectivity index (χ3v) is 27.1. The Bertz CT molecular complexity index is 4440. The lowest BCUT2D eigenvalue weighted by Crippen LogP contribution is -2.42. The first kappa shape index (κ1) is 87.3. The number of nitrogens with zero attached hydrogens (tertiary/aromatic N) is 5. The van der Waals surface area contributed by atoms with E-state index >= 15 is 0 Å². The number of pyridine rings is 2. The summed E-state index contributed by atoms with van der Waals surface area (Å²) in [6.45, 7) is 26.1. The van der Waals surface area contributed by atoms with Crippen LogP contribution in [0.2, 0.25) is 0 Å². The maximum Gasteiger partial charge on any atom is 0.410 e. The molecule has 8 aromatic carbocycles. The number of rotatable bonds is 25. The lowest BCUT2D eigenvalue weighted by Gasteiger charge is -2.38. The van der Waals surface area contributed by atoms with Gasteiger partial charge in [0.05, 0.1) is 49.6 Å². The van der Waals surface area contributed by atoms with Gasteiger partial charge in [-0.3, -0.25) is 9.97 Å². The fraction of sp³-hybridized carbons (Fsp3) is 0.394. The Hall–Kier alpha value is -8.98. The molecule has 0 radical (unpaired) electrons. The normalized spacial score (nSPS) is 17.5. The SMILES string of the molecule is CC(C)(C)OC(=O)N1CCC[C@H]1COc1cncc(Br)c1.CC(C)(C)OC(=O)N1CCC[C@H]1COc1cncc(N2CCC[C@@H](CCCOCc3ccccc3)C2)c1.CC1(C)c2cccc(P(c3ccccc3)c3ccccc3)c2Oc2c(P(c3ccccc3)c3ccccc3)cccc21.c1ccc(CCOCC[C@@H]2CCCNC2)cc1.